The lowest BCUT2D eigenvalue weighted by molar-refractivity contribution is -0.146. The van der Waals surface area contributed by atoms with Crippen LogP contribution in [0, 0.1) is 5.92 Å². The van der Waals surface area contributed by atoms with Gasteiger partial charge >= 0.3 is 5.97 Å². The molecule has 13 heavy (non-hydrogen) atoms. The third-order valence-electron chi connectivity index (χ3n) is 2.47. The van der Waals surface area contributed by atoms with Crippen molar-refractivity contribution in [2.45, 2.75) is 30.9 Å². The molecule has 1 fully saturated rings. The molecule has 0 radical (unpaired) electrons. The normalized spacial score (nSPS) is 30.9. The van der Waals surface area contributed by atoms with E-state index >= 15 is 0 Å². The molecular weight excluding hydrogens is 192 g/mol. The lowest BCUT2D eigenvalue weighted by atomic mass is 9.89. The largest absolute Gasteiger partial charge is 0.469 e. The Morgan fingerprint density at radius 3 is 2.62 bits per heavy atom. The van der Waals surface area contributed by atoms with Crippen molar-refractivity contribution in [3.05, 3.63) is 0 Å². The Hall–Kier alpha value is -0.420. The molecule has 5 heteroatoms. The second-order valence-electron chi connectivity index (χ2n) is 3.23. The molecular formula is C8H14O4S. The fourth-order valence-electron chi connectivity index (χ4n) is 1.76. The van der Waals surface area contributed by atoms with Crippen LogP contribution in [0.4, 0.5) is 0 Å². The Kier molecular flexibility index (Phi) is 3.87. The first-order chi connectivity index (χ1) is 6.16. The summed E-state index contributed by atoms with van der Waals surface area (Å²) in [6, 6.07) is 0. The van der Waals surface area contributed by atoms with Crippen molar-refractivity contribution in [3.63, 3.8) is 0 Å². The Bertz CT molecular complexity index is 216. The van der Waals surface area contributed by atoms with Crippen molar-refractivity contribution < 1.29 is 18.3 Å². The molecule has 1 aliphatic carbocycles. The van der Waals surface area contributed by atoms with Crippen LogP contribution < -0.4 is 0 Å². The molecule has 0 aromatic heterocycles. The molecule has 3 atom stereocenters. The quantitative estimate of drug-likeness (QED) is 0.539. The third kappa shape index (κ3) is 2.51. The molecule has 0 aromatic rings. The number of esters is 1. The van der Waals surface area contributed by atoms with E-state index in [2.05, 4.69) is 4.74 Å². The number of carbonyl (C=O) groups excluding carboxylic acids is 1. The standard InChI is InChI=1S/C8H14O4S/c1-12-8(9)6-4-2-3-5-7(6)13(10)11/h6-7H,2-5H2,1H3,(H,10,11). The summed E-state index contributed by atoms with van der Waals surface area (Å²) in [5, 5.41) is -0.429. The van der Waals surface area contributed by atoms with Crippen molar-refractivity contribution in [1.82, 2.24) is 0 Å². The highest BCUT2D eigenvalue weighted by Crippen LogP contribution is 2.28. The van der Waals surface area contributed by atoms with Gasteiger partial charge in [0.1, 0.15) is 0 Å². The second-order valence-corrected chi connectivity index (χ2v) is 4.39. The summed E-state index contributed by atoms with van der Waals surface area (Å²) in [4.78, 5) is 11.2. The molecule has 4 nitrogen and oxygen atoms in total. The molecule has 1 aliphatic rings. The zero-order valence-corrected chi connectivity index (χ0v) is 8.38. The minimum atomic E-state index is -1.91. The number of carbonyl (C=O) groups is 1. The van der Waals surface area contributed by atoms with Crippen LogP contribution in [0.3, 0.4) is 0 Å². The number of methoxy groups -OCH3 is 1. The SMILES string of the molecule is COC(=O)C1CCCCC1S(=O)O. The molecule has 0 heterocycles. The highest BCUT2D eigenvalue weighted by molar-refractivity contribution is 7.79. The molecule has 0 bridgehead atoms. The average Bonchev–Trinajstić information content (AvgIpc) is 2.16. The number of rotatable bonds is 2. The van der Waals surface area contributed by atoms with Gasteiger partial charge in [0.25, 0.3) is 0 Å². The molecule has 0 spiro atoms. The van der Waals surface area contributed by atoms with Crippen LogP contribution in [-0.2, 0) is 20.6 Å². The van der Waals surface area contributed by atoms with E-state index in [1.54, 1.807) is 0 Å². The first-order valence-electron chi connectivity index (χ1n) is 4.34. The van der Waals surface area contributed by atoms with Crippen LogP contribution in [0.5, 0.6) is 0 Å². The lowest BCUT2D eigenvalue weighted by Gasteiger charge is -2.26. The molecule has 0 amide bonds. The van der Waals surface area contributed by atoms with Gasteiger partial charge in [0.2, 0.25) is 0 Å². The molecule has 0 aliphatic heterocycles. The Morgan fingerprint density at radius 2 is 2.08 bits per heavy atom. The van der Waals surface area contributed by atoms with Crippen LogP contribution in [0.1, 0.15) is 25.7 Å². The van der Waals surface area contributed by atoms with Crippen molar-refractivity contribution in [3.8, 4) is 0 Å². The van der Waals surface area contributed by atoms with E-state index in [1.807, 2.05) is 0 Å². The molecule has 3 unspecified atom stereocenters. The van der Waals surface area contributed by atoms with E-state index in [-0.39, 0.29) is 11.9 Å². The Labute approximate surface area is 79.9 Å². The van der Waals surface area contributed by atoms with Gasteiger partial charge in [-0.3, -0.25) is 4.79 Å². The second kappa shape index (κ2) is 4.72. The average molecular weight is 206 g/mol. The first-order valence-corrected chi connectivity index (χ1v) is 5.51. The molecule has 1 saturated carbocycles. The van der Waals surface area contributed by atoms with E-state index in [1.165, 1.54) is 7.11 Å². The Morgan fingerprint density at radius 1 is 1.46 bits per heavy atom. The summed E-state index contributed by atoms with van der Waals surface area (Å²) >= 11 is -1.91. The van der Waals surface area contributed by atoms with E-state index in [9.17, 15) is 9.00 Å². The third-order valence-corrected chi connectivity index (χ3v) is 3.55. The maximum Gasteiger partial charge on any atom is 0.309 e. The van der Waals surface area contributed by atoms with Crippen molar-refractivity contribution >= 4 is 17.0 Å². The van der Waals surface area contributed by atoms with Crippen molar-refractivity contribution in [2.24, 2.45) is 5.92 Å². The Balaban J connectivity index is 2.67. The van der Waals surface area contributed by atoms with Crippen LogP contribution >= 0.6 is 0 Å². The highest BCUT2D eigenvalue weighted by atomic mass is 32.2. The topological polar surface area (TPSA) is 63.6 Å². The lowest BCUT2D eigenvalue weighted by Crippen LogP contribution is -2.35. The van der Waals surface area contributed by atoms with Gasteiger partial charge in [-0.25, -0.2) is 4.21 Å². The van der Waals surface area contributed by atoms with E-state index in [0.29, 0.717) is 12.8 Å². The summed E-state index contributed by atoms with van der Waals surface area (Å²) in [5.74, 6) is -0.739. The molecule has 76 valence electrons. The van der Waals surface area contributed by atoms with Crippen LogP contribution in [0.15, 0.2) is 0 Å². The fourth-order valence-corrected chi connectivity index (χ4v) is 2.66. The zero-order valence-electron chi connectivity index (χ0n) is 7.56. The maximum atomic E-state index is 11.2. The van der Waals surface area contributed by atoms with E-state index in [0.717, 1.165) is 12.8 Å². The van der Waals surface area contributed by atoms with Crippen LogP contribution in [-0.4, -0.2) is 27.1 Å². The number of hydrogen-bond acceptors (Lipinski definition) is 3. The van der Waals surface area contributed by atoms with Crippen LogP contribution in [0.25, 0.3) is 0 Å². The predicted octanol–water partition coefficient (Wildman–Crippen LogP) is 0.940. The predicted molar refractivity (Wildman–Crippen MR) is 48.5 cm³/mol. The highest BCUT2D eigenvalue weighted by Gasteiger charge is 2.35. The van der Waals surface area contributed by atoms with Crippen molar-refractivity contribution in [2.75, 3.05) is 7.11 Å². The smallest absolute Gasteiger partial charge is 0.309 e. The molecule has 0 saturated heterocycles. The summed E-state index contributed by atoms with van der Waals surface area (Å²) < 4.78 is 24.4. The summed E-state index contributed by atoms with van der Waals surface area (Å²) in [6.07, 6.45) is 3.17. The monoisotopic (exact) mass is 206 g/mol. The number of ether oxygens (including phenoxy) is 1. The summed E-state index contributed by atoms with van der Waals surface area (Å²) in [5.41, 5.74) is 0. The van der Waals surface area contributed by atoms with Crippen molar-refractivity contribution in [1.29, 1.82) is 0 Å². The van der Waals surface area contributed by atoms with Crippen LogP contribution in [0.2, 0.25) is 0 Å². The van der Waals surface area contributed by atoms with Gasteiger partial charge < -0.3 is 9.29 Å². The first kappa shape index (κ1) is 10.7. The van der Waals surface area contributed by atoms with Gasteiger partial charge in [-0.1, -0.05) is 12.8 Å². The minimum Gasteiger partial charge on any atom is -0.469 e. The molecule has 0 aromatic carbocycles. The van der Waals surface area contributed by atoms with Gasteiger partial charge in [-0.2, -0.15) is 0 Å². The van der Waals surface area contributed by atoms with Gasteiger partial charge in [0.15, 0.2) is 11.1 Å². The molecule has 1 rings (SSSR count). The minimum absolute atomic E-state index is 0.355. The van der Waals surface area contributed by atoms with Gasteiger partial charge in [-0.15, -0.1) is 0 Å². The van der Waals surface area contributed by atoms with Gasteiger partial charge in [0.05, 0.1) is 18.3 Å². The fraction of sp³-hybridized carbons (Fsp3) is 0.875. The van der Waals surface area contributed by atoms with E-state index < -0.39 is 16.3 Å². The van der Waals surface area contributed by atoms with Gasteiger partial charge in [0, 0.05) is 0 Å². The zero-order chi connectivity index (χ0) is 9.84. The number of hydrogen-bond donors (Lipinski definition) is 1. The summed E-state index contributed by atoms with van der Waals surface area (Å²) in [7, 11) is 1.31. The maximum absolute atomic E-state index is 11.2. The van der Waals surface area contributed by atoms with Gasteiger partial charge in [-0.05, 0) is 12.8 Å². The summed E-state index contributed by atoms with van der Waals surface area (Å²) in [6.45, 7) is 0. The van der Waals surface area contributed by atoms with E-state index in [4.69, 9.17) is 4.55 Å². The molecule has 1 N–H and O–H groups in total.